The van der Waals surface area contributed by atoms with Gasteiger partial charge in [-0.3, -0.25) is 9.59 Å². The predicted molar refractivity (Wildman–Crippen MR) is 88.5 cm³/mol. The van der Waals surface area contributed by atoms with Crippen LogP contribution >= 0.6 is 0 Å². The Morgan fingerprint density at radius 3 is 2.65 bits per heavy atom. The topological polar surface area (TPSA) is 61.9 Å². The zero-order valence-corrected chi connectivity index (χ0v) is 13.5. The summed E-state index contributed by atoms with van der Waals surface area (Å²) in [6.45, 7) is 5.37. The molecule has 1 N–H and O–H groups in total. The molecule has 0 spiro atoms. The zero-order valence-electron chi connectivity index (χ0n) is 13.5. The van der Waals surface area contributed by atoms with Crippen molar-refractivity contribution in [3.8, 4) is 0 Å². The summed E-state index contributed by atoms with van der Waals surface area (Å²) in [4.78, 5) is 27.6. The zero-order chi connectivity index (χ0) is 16.2. The van der Waals surface area contributed by atoms with E-state index in [1.165, 1.54) is 0 Å². The molecule has 0 radical (unpaired) electrons. The van der Waals surface area contributed by atoms with Gasteiger partial charge in [-0.1, -0.05) is 6.07 Å². The minimum atomic E-state index is -0.322. The Morgan fingerprint density at radius 1 is 1.22 bits per heavy atom. The van der Waals surface area contributed by atoms with Gasteiger partial charge in [-0.25, -0.2) is 0 Å². The van der Waals surface area contributed by atoms with Crippen LogP contribution in [0, 0.1) is 0 Å². The van der Waals surface area contributed by atoms with Crippen molar-refractivity contribution in [3.05, 3.63) is 24.3 Å². The lowest BCUT2D eigenvalue weighted by molar-refractivity contribution is -0.129. The maximum Gasteiger partial charge on any atom is 0.253 e. The summed E-state index contributed by atoms with van der Waals surface area (Å²) >= 11 is 0. The third-order valence-electron chi connectivity index (χ3n) is 4.43. The lowest BCUT2D eigenvalue weighted by atomic mass is 10.2. The van der Waals surface area contributed by atoms with E-state index in [4.69, 9.17) is 4.74 Å². The Bertz CT molecular complexity index is 576. The van der Waals surface area contributed by atoms with Crippen LogP contribution in [0.15, 0.2) is 24.3 Å². The van der Waals surface area contributed by atoms with Crippen molar-refractivity contribution >= 4 is 23.2 Å². The molecule has 0 aromatic heterocycles. The van der Waals surface area contributed by atoms with Crippen molar-refractivity contribution in [2.45, 2.75) is 25.9 Å². The quantitative estimate of drug-likeness (QED) is 0.917. The summed E-state index contributed by atoms with van der Waals surface area (Å²) < 4.78 is 5.41. The number of amides is 2. The van der Waals surface area contributed by atoms with E-state index in [9.17, 15) is 9.59 Å². The number of nitrogens with zero attached hydrogens (tertiary/aromatic N) is 2. The van der Waals surface area contributed by atoms with Crippen LogP contribution in [0.3, 0.4) is 0 Å². The van der Waals surface area contributed by atoms with Gasteiger partial charge in [0.1, 0.15) is 6.10 Å². The van der Waals surface area contributed by atoms with Gasteiger partial charge in [-0.05, 0) is 31.0 Å². The fraction of sp³-hybridized carbons (Fsp3) is 0.529. The lowest BCUT2D eigenvalue weighted by Gasteiger charge is -2.35. The fourth-order valence-electron chi connectivity index (χ4n) is 3.07. The van der Waals surface area contributed by atoms with Crippen LogP contribution in [0.25, 0.3) is 0 Å². The number of piperazine rings is 1. The van der Waals surface area contributed by atoms with Crippen LogP contribution in [-0.4, -0.2) is 55.6 Å². The number of hydrogen-bond acceptors (Lipinski definition) is 4. The molecule has 2 saturated heterocycles. The molecule has 1 atom stereocenters. The van der Waals surface area contributed by atoms with Crippen molar-refractivity contribution in [1.29, 1.82) is 0 Å². The number of benzene rings is 1. The highest BCUT2D eigenvalue weighted by Gasteiger charge is 2.24. The molecule has 6 nitrogen and oxygen atoms in total. The van der Waals surface area contributed by atoms with Crippen LogP contribution in [0.5, 0.6) is 0 Å². The maximum atomic E-state index is 12.1. The number of carbonyl (C=O) groups excluding carboxylic acids is 2. The number of carbonyl (C=O) groups is 2. The fourth-order valence-corrected chi connectivity index (χ4v) is 3.07. The SMILES string of the molecule is CC(=O)N1CCN(c2cccc(NC(=O)C3CCCO3)c2)CC1. The van der Waals surface area contributed by atoms with Crippen molar-refractivity contribution in [3.63, 3.8) is 0 Å². The highest BCUT2D eigenvalue weighted by atomic mass is 16.5. The molecular formula is C17H23N3O3. The van der Waals surface area contributed by atoms with E-state index >= 15 is 0 Å². The van der Waals surface area contributed by atoms with Crippen molar-refractivity contribution in [2.24, 2.45) is 0 Å². The van der Waals surface area contributed by atoms with Crippen molar-refractivity contribution < 1.29 is 14.3 Å². The predicted octanol–water partition coefficient (Wildman–Crippen LogP) is 1.47. The molecule has 0 saturated carbocycles. The monoisotopic (exact) mass is 317 g/mol. The van der Waals surface area contributed by atoms with E-state index in [-0.39, 0.29) is 17.9 Å². The van der Waals surface area contributed by atoms with Crippen LogP contribution in [-0.2, 0) is 14.3 Å². The highest BCUT2D eigenvalue weighted by molar-refractivity contribution is 5.94. The Kier molecular flexibility index (Phi) is 4.81. The van der Waals surface area contributed by atoms with Crippen LogP contribution in [0.4, 0.5) is 11.4 Å². The van der Waals surface area contributed by atoms with E-state index < -0.39 is 0 Å². The number of ether oxygens (including phenoxy) is 1. The van der Waals surface area contributed by atoms with Gasteiger partial charge >= 0.3 is 0 Å². The molecular weight excluding hydrogens is 294 g/mol. The third kappa shape index (κ3) is 3.82. The molecule has 2 fully saturated rings. The Morgan fingerprint density at radius 2 is 2.00 bits per heavy atom. The van der Waals surface area contributed by atoms with E-state index in [0.717, 1.165) is 50.4 Å². The Labute approximate surface area is 136 Å². The summed E-state index contributed by atoms with van der Waals surface area (Å²) in [5, 5.41) is 2.94. The van der Waals surface area contributed by atoms with Crippen molar-refractivity contribution in [2.75, 3.05) is 43.0 Å². The average Bonchev–Trinajstić information content (AvgIpc) is 3.10. The van der Waals surface area contributed by atoms with Crippen LogP contribution < -0.4 is 10.2 Å². The Hall–Kier alpha value is -2.08. The molecule has 6 heteroatoms. The molecule has 124 valence electrons. The van der Waals surface area contributed by atoms with Gasteiger partial charge in [-0.15, -0.1) is 0 Å². The van der Waals surface area contributed by atoms with Gasteiger partial charge in [0.05, 0.1) is 0 Å². The molecule has 0 bridgehead atoms. The number of rotatable bonds is 3. The average molecular weight is 317 g/mol. The number of hydrogen-bond donors (Lipinski definition) is 1. The third-order valence-corrected chi connectivity index (χ3v) is 4.43. The van der Waals surface area contributed by atoms with Crippen LogP contribution in [0.1, 0.15) is 19.8 Å². The second-order valence-corrected chi connectivity index (χ2v) is 6.03. The Balaban J connectivity index is 1.61. The van der Waals surface area contributed by atoms with E-state index in [1.54, 1.807) is 6.92 Å². The summed E-state index contributed by atoms with van der Waals surface area (Å²) in [5.74, 6) is 0.0586. The van der Waals surface area contributed by atoms with Crippen LogP contribution in [0.2, 0.25) is 0 Å². The summed E-state index contributed by atoms with van der Waals surface area (Å²) in [5.41, 5.74) is 1.86. The minimum Gasteiger partial charge on any atom is -0.368 e. The lowest BCUT2D eigenvalue weighted by Crippen LogP contribution is -2.48. The smallest absolute Gasteiger partial charge is 0.253 e. The second kappa shape index (κ2) is 7.00. The minimum absolute atomic E-state index is 0.0685. The van der Waals surface area contributed by atoms with Gasteiger partial charge in [0.2, 0.25) is 5.91 Å². The highest BCUT2D eigenvalue weighted by Crippen LogP contribution is 2.22. The molecule has 2 amide bonds. The summed E-state index contributed by atoms with van der Waals surface area (Å²) in [6.07, 6.45) is 1.41. The molecule has 3 rings (SSSR count). The van der Waals surface area contributed by atoms with Gasteiger partial charge in [0.15, 0.2) is 0 Å². The normalized spacial score (nSPS) is 21.3. The first-order valence-electron chi connectivity index (χ1n) is 8.16. The molecule has 2 aliphatic heterocycles. The van der Waals surface area contributed by atoms with E-state index in [1.807, 2.05) is 29.2 Å². The molecule has 1 aromatic rings. The standard InChI is InChI=1S/C17H23N3O3/c1-13(21)19-7-9-20(10-8-19)15-5-2-4-14(12-15)18-17(22)16-6-3-11-23-16/h2,4-5,12,16H,3,6-11H2,1H3,(H,18,22). The summed E-state index contributed by atoms with van der Waals surface area (Å²) in [6, 6.07) is 7.85. The molecule has 2 aliphatic rings. The van der Waals surface area contributed by atoms with Gasteiger partial charge in [-0.2, -0.15) is 0 Å². The number of anilines is 2. The van der Waals surface area contributed by atoms with E-state index in [0.29, 0.717) is 6.61 Å². The van der Waals surface area contributed by atoms with Gasteiger partial charge < -0.3 is 19.9 Å². The maximum absolute atomic E-state index is 12.1. The molecule has 23 heavy (non-hydrogen) atoms. The first kappa shape index (κ1) is 15.8. The number of nitrogens with one attached hydrogen (secondary N) is 1. The van der Waals surface area contributed by atoms with Crippen molar-refractivity contribution in [1.82, 2.24) is 4.90 Å². The second-order valence-electron chi connectivity index (χ2n) is 6.03. The van der Waals surface area contributed by atoms with E-state index in [2.05, 4.69) is 10.2 Å². The first-order valence-corrected chi connectivity index (χ1v) is 8.16. The van der Waals surface area contributed by atoms with Gasteiger partial charge in [0, 0.05) is 51.1 Å². The first-order chi connectivity index (χ1) is 11.1. The molecule has 2 heterocycles. The summed E-state index contributed by atoms with van der Waals surface area (Å²) in [7, 11) is 0. The molecule has 1 unspecified atom stereocenters. The molecule has 1 aromatic carbocycles. The molecule has 0 aliphatic carbocycles. The van der Waals surface area contributed by atoms with Gasteiger partial charge in [0.25, 0.3) is 5.91 Å². The largest absolute Gasteiger partial charge is 0.368 e.